The average Bonchev–Trinajstić information content (AvgIpc) is 2.90. The number of amides is 1. The SMILES string of the molecule is C/C(C#Cc1ncn2c1CN(C)C(=O)c1c(Cl)cccc1-2)=C\CO. The molecule has 1 aliphatic rings. The summed E-state index contributed by atoms with van der Waals surface area (Å²) >= 11 is 6.25. The molecule has 122 valence electrons. The van der Waals surface area contributed by atoms with E-state index in [1.54, 1.807) is 30.4 Å². The van der Waals surface area contributed by atoms with E-state index in [9.17, 15) is 4.79 Å². The van der Waals surface area contributed by atoms with Crippen molar-refractivity contribution in [2.24, 2.45) is 0 Å². The van der Waals surface area contributed by atoms with Crippen LogP contribution in [0.4, 0.5) is 0 Å². The normalized spacial score (nSPS) is 13.8. The first-order valence-corrected chi connectivity index (χ1v) is 7.81. The van der Waals surface area contributed by atoms with Crippen LogP contribution < -0.4 is 0 Å². The summed E-state index contributed by atoms with van der Waals surface area (Å²) in [5, 5.41) is 9.32. The lowest BCUT2D eigenvalue weighted by atomic mass is 10.1. The fourth-order valence-corrected chi connectivity index (χ4v) is 2.85. The van der Waals surface area contributed by atoms with Gasteiger partial charge in [0.15, 0.2) is 0 Å². The van der Waals surface area contributed by atoms with Crippen LogP contribution in [0.2, 0.25) is 5.02 Å². The van der Waals surface area contributed by atoms with Crippen LogP contribution in [0, 0.1) is 11.8 Å². The van der Waals surface area contributed by atoms with Gasteiger partial charge in [-0.3, -0.25) is 9.36 Å². The summed E-state index contributed by atoms with van der Waals surface area (Å²) in [6.07, 6.45) is 3.29. The summed E-state index contributed by atoms with van der Waals surface area (Å²) in [6, 6.07) is 5.36. The van der Waals surface area contributed by atoms with E-state index in [-0.39, 0.29) is 12.5 Å². The Morgan fingerprint density at radius 2 is 2.29 bits per heavy atom. The molecule has 1 aromatic heterocycles. The monoisotopic (exact) mass is 341 g/mol. The number of aliphatic hydroxyl groups excluding tert-OH is 1. The number of fused-ring (bicyclic) bond motifs is 3. The molecule has 1 amide bonds. The van der Waals surface area contributed by atoms with Crippen molar-refractivity contribution in [2.75, 3.05) is 13.7 Å². The van der Waals surface area contributed by atoms with Gasteiger partial charge >= 0.3 is 0 Å². The predicted molar refractivity (Wildman–Crippen MR) is 92.1 cm³/mol. The highest BCUT2D eigenvalue weighted by molar-refractivity contribution is 6.34. The second-order valence-electron chi connectivity index (χ2n) is 5.52. The van der Waals surface area contributed by atoms with Crippen molar-refractivity contribution < 1.29 is 9.90 Å². The molecule has 0 fully saturated rings. The third kappa shape index (κ3) is 2.82. The van der Waals surface area contributed by atoms with Gasteiger partial charge in [0.2, 0.25) is 0 Å². The molecule has 2 heterocycles. The lowest BCUT2D eigenvalue weighted by molar-refractivity contribution is 0.0788. The number of halogens is 1. The van der Waals surface area contributed by atoms with Crippen molar-refractivity contribution in [1.82, 2.24) is 14.5 Å². The van der Waals surface area contributed by atoms with Gasteiger partial charge in [0.25, 0.3) is 5.91 Å². The molecule has 5 nitrogen and oxygen atoms in total. The molecule has 24 heavy (non-hydrogen) atoms. The lowest BCUT2D eigenvalue weighted by Gasteiger charge is -2.14. The quantitative estimate of drug-likeness (QED) is 0.810. The van der Waals surface area contributed by atoms with Crippen LogP contribution >= 0.6 is 11.6 Å². The van der Waals surface area contributed by atoms with Crippen LogP contribution in [0.15, 0.2) is 36.2 Å². The van der Waals surface area contributed by atoms with Crippen molar-refractivity contribution in [2.45, 2.75) is 13.5 Å². The number of aromatic nitrogens is 2. The molecule has 3 rings (SSSR count). The van der Waals surface area contributed by atoms with Crippen molar-refractivity contribution in [3.05, 3.63) is 58.1 Å². The van der Waals surface area contributed by atoms with Gasteiger partial charge in [-0.15, -0.1) is 0 Å². The molecule has 1 aliphatic heterocycles. The van der Waals surface area contributed by atoms with Crippen LogP contribution in [0.5, 0.6) is 0 Å². The Hall–Kier alpha value is -2.55. The maximum atomic E-state index is 12.6. The van der Waals surface area contributed by atoms with Crippen molar-refractivity contribution >= 4 is 17.5 Å². The third-order valence-corrected chi connectivity index (χ3v) is 4.16. The fraction of sp³-hybridized carbons (Fsp3) is 0.222. The number of nitrogens with zero attached hydrogens (tertiary/aromatic N) is 3. The zero-order valence-corrected chi connectivity index (χ0v) is 14.1. The highest BCUT2D eigenvalue weighted by Crippen LogP contribution is 2.30. The van der Waals surface area contributed by atoms with E-state index in [0.29, 0.717) is 28.5 Å². The first-order chi connectivity index (χ1) is 11.5. The number of imidazole rings is 1. The van der Waals surface area contributed by atoms with Gasteiger partial charge in [-0.1, -0.05) is 23.6 Å². The van der Waals surface area contributed by atoms with Crippen molar-refractivity contribution in [3.8, 4) is 17.5 Å². The minimum atomic E-state index is -0.130. The Labute approximate surface area is 145 Å². The molecule has 6 heteroatoms. The average molecular weight is 342 g/mol. The van der Waals surface area contributed by atoms with Crippen molar-refractivity contribution in [1.29, 1.82) is 0 Å². The summed E-state index contributed by atoms with van der Waals surface area (Å²) in [5.41, 5.74) is 3.37. The van der Waals surface area contributed by atoms with Gasteiger partial charge in [0.05, 0.1) is 35.1 Å². The Bertz CT molecular complexity index is 903. The molecule has 0 radical (unpaired) electrons. The molecule has 2 aromatic rings. The number of carbonyl (C=O) groups excluding carboxylic acids is 1. The molecule has 1 N–H and O–H groups in total. The molecule has 0 unspecified atom stereocenters. The fourth-order valence-electron chi connectivity index (χ4n) is 2.60. The lowest BCUT2D eigenvalue weighted by Crippen LogP contribution is -2.25. The molecule has 0 saturated heterocycles. The standard InChI is InChI=1S/C18H16ClN3O2/c1-12(8-9-23)6-7-14-16-10-21(2)18(24)17-13(19)4-3-5-15(17)22(16)11-20-14/h3-5,8,11,23H,9-10H2,1-2H3/b12-8+. The van der Waals surface area contributed by atoms with E-state index in [1.165, 1.54) is 0 Å². The molecule has 1 aromatic carbocycles. The molecule has 0 saturated carbocycles. The minimum Gasteiger partial charge on any atom is -0.392 e. The molecular weight excluding hydrogens is 326 g/mol. The van der Waals surface area contributed by atoms with E-state index in [0.717, 1.165) is 11.3 Å². The van der Waals surface area contributed by atoms with E-state index >= 15 is 0 Å². The molecule has 0 atom stereocenters. The number of allylic oxidation sites excluding steroid dienone is 1. The van der Waals surface area contributed by atoms with Gasteiger partial charge in [-0.25, -0.2) is 4.98 Å². The van der Waals surface area contributed by atoms with Gasteiger partial charge < -0.3 is 10.0 Å². The summed E-state index contributed by atoms with van der Waals surface area (Å²) in [7, 11) is 1.73. The number of hydrogen-bond donors (Lipinski definition) is 1. The van der Waals surface area contributed by atoms with Gasteiger partial charge in [0, 0.05) is 7.05 Å². The number of carbonyl (C=O) groups is 1. The highest BCUT2D eigenvalue weighted by atomic mass is 35.5. The minimum absolute atomic E-state index is 0.0507. The second kappa shape index (κ2) is 6.52. The number of rotatable bonds is 1. The summed E-state index contributed by atoms with van der Waals surface area (Å²) in [4.78, 5) is 18.6. The molecule has 0 bridgehead atoms. The predicted octanol–water partition coefficient (Wildman–Crippen LogP) is 2.40. The number of hydrogen-bond acceptors (Lipinski definition) is 3. The molecule has 0 spiro atoms. The van der Waals surface area contributed by atoms with E-state index in [1.807, 2.05) is 23.6 Å². The van der Waals surface area contributed by atoms with Crippen LogP contribution in [0.25, 0.3) is 5.69 Å². The van der Waals surface area contributed by atoms with Gasteiger partial charge in [-0.2, -0.15) is 0 Å². The number of benzene rings is 1. The zero-order chi connectivity index (χ0) is 17.3. The highest BCUT2D eigenvalue weighted by Gasteiger charge is 2.27. The first kappa shape index (κ1) is 16.3. The Morgan fingerprint density at radius 3 is 3.04 bits per heavy atom. The largest absolute Gasteiger partial charge is 0.392 e. The summed E-state index contributed by atoms with van der Waals surface area (Å²) in [6.45, 7) is 2.16. The maximum absolute atomic E-state index is 12.6. The number of aliphatic hydroxyl groups is 1. The van der Waals surface area contributed by atoms with Crippen molar-refractivity contribution in [3.63, 3.8) is 0 Å². The zero-order valence-electron chi connectivity index (χ0n) is 13.4. The summed E-state index contributed by atoms with van der Waals surface area (Å²) < 4.78 is 1.86. The van der Waals surface area contributed by atoms with E-state index in [4.69, 9.17) is 16.7 Å². The second-order valence-corrected chi connectivity index (χ2v) is 5.93. The Morgan fingerprint density at radius 1 is 1.50 bits per heavy atom. The van der Waals surface area contributed by atoms with Gasteiger partial charge in [-0.05, 0) is 36.6 Å². The molecule has 0 aliphatic carbocycles. The van der Waals surface area contributed by atoms with Crippen LogP contribution in [-0.2, 0) is 6.54 Å². The van der Waals surface area contributed by atoms with E-state index in [2.05, 4.69) is 16.8 Å². The van der Waals surface area contributed by atoms with Crippen LogP contribution in [0.3, 0.4) is 0 Å². The summed E-state index contributed by atoms with van der Waals surface area (Å²) in [5.74, 6) is 5.85. The topological polar surface area (TPSA) is 58.4 Å². The first-order valence-electron chi connectivity index (χ1n) is 7.43. The molecular formula is C18H16ClN3O2. The maximum Gasteiger partial charge on any atom is 0.257 e. The Balaban J connectivity index is 2.16. The smallest absolute Gasteiger partial charge is 0.257 e. The third-order valence-electron chi connectivity index (χ3n) is 3.84. The Kier molecular flexibility index (Phi) is 4.43. The van der Waals surface area contributed by atoms with Crippen LogP contribution in [-0.4, -0.2) is 39.1 Å². The van der Waals surface area contributed by atoms with Gasteiger partial charge in [0.1, 0.15) is 12.0 Å². The van der Waals surface area contributed by atoms with Crippen LogP contribution in [0.1, 0.15) is 28.7 Å². The van der Waals surface area contributed by atoms with E-state index < -0.39 is 0 Å².